The average Bonchev–Trinajstić information content (AvgIpc) is 2.80. The van der Waals surface area contributed by atoms with Crippen LogP contribution in [0, 0.1) is 11.7 Å². The topological polar surface area (TPSA) is 21.3 Å². The maximum atomic E-state index is 13.1. The summed E-state index contributed by atoms with van der Waals surface area (Å²) in [5.74, 6) is 1.11. The van der Waals surface area contributed by atoms with E-state index in [9.17, 15) is 4.39 Å². The minimum absolute atomic E-state index is 0.119. The highest BCUT2D eigenvalue weighted by atomic mass is 19.1. The first-order chi connectivity index (χ1) is 8.81. The second-order valence-electron chi connectivity index (χ2n) is 5.56. The third-order valence-corrected chi connectivity index (χ3v) is 4.18. The lowest BCUT2D eigenvalue weighted by Gasteiger charge is -2.37. The maximum Gasteiger partial charge on any atom is 0.123 e. The Morgan fingerprint density at radius 3 is 2.94 bits per heavy atom. The Morgan fingerprint density at radius 2 is 2.22 bits per heavy atom. The molecule has 2 aliphatic rings. The zero-order valence-electron chi connectivity index (χ0n) is 10.6. The Morgan fingerprint density at radius 1 is 1.33 bits per heavy atom. The molecule has 0 radical (unpaired) electrons. The summed E-state index contributed by atoms with van der Waals surface area (Å²) >= 11 is 0. The van der Waals surface area contributed by atoms with E-state index in [1.54, 1.807) is 12.1 Å². The minimum Gasteiger partial charge on any atom is -0.381 e. The first kappa shape index (κ1) is 12.1. The molecule has 1 heterocycles. The largest absolute Gasteiger partial charge is 0.381 e. The molecule has 1 aromatic carbocycles. The summed E-state index contributed by atoms with van der Waals surface area (Å²) < 4.78 is 18.5. The van der Waals surface area contributed by atoms with E-state index in [0.29, 0.717) is 17.9 Å². The van der Waals surface area contributed by atoms with Crippen molar-refractivity contribution in [1.82, 2.24) is 5.32 Å². The minimum atomic E-state index is -0.119. The van der Waals surface area contributed by atoms with E-state index in [2.05, 4.69) is 5.32 Å². The Kier molecular flexibility index (Phi) is 3.62. The summed E-state index contributed by atoms with van der Waals surface area (Å²) in [5, 5.41) is 3.60. The predicted molar refractivity (Wildman–Crippen MR) is 69.1 cm³/mol. The van der Waals surface area contributed by atoms with Crippen LogP contribution in [0.3, 0.4) is 0 Å². The highest BCUT2D eigenvalue weighted by Crippen LogP contribution is 2.37. The first-order valence-corrected chi connectivity index (χ1v) is 6.88. The monoisotopic (exact) mass is 249 g/mol. The number of rotatable bonds is 4. The molecule has 2 nitrogen and oxygen atoms in total. The van der Waals surface area contributed by atoms with Gasteiger partial charge in [-0.05, 0) is 48.8 Å². The van der Waals surface area contributed by atoms with Gasteiger partial charge in [-0.2, -0.15) is 0 Å². The summed E-state index contributed by atoms with van der Waals surface area (Å²) in [4.78, 5) is 0. The van der Waals surface area contributed by atoms with Crippen LogP contribution in [0.4, 0.5) is 4.39 Å². The Bertz CT molecular complexity index is 397. The molecule has 3 heteroatoms. The number of hydrogen-bond donors (Lipinski definition) is 1. The quantitative estimate of drug-likeness (QED) is 0.886. The smallest absolute Gasteiger partial charge is 0.123 e. The van der Waals surface area contributed by atoms with E-state index in [4.69, 9.17) is 4.74 Å². The van der Waals surface area contributed by atoms with Gasteiger partial charge in [0.25, 0.3) is 0 Å². The van der Waals surface area contributed by atoms with E-state index >= 15 is 0 Å². The van der Waals surface area contributed by atoms with Crippen LogP contribution in [0.1, 0.15) is 30.7 Å². The lowest BCUT2D eigenvalue weighted by Crippen LogP contribution is -2.42. The lowest BCUT2D eigenvalue weighted by molar-refractivity contribution is 0.182. The van der Waals surface area contributed by atoms with E-state index in [-0.39, 0.29) is 5.82 Å². The molecule has 0 bridgehead atoms. The molecule has 1 saturated carbocycles. The normalized spacial score (nSPS) is 31.3. The molecule has 1 saturated heterocycles. The fraction of sp³-hybridized carbons (Fsp3) is 0.600. The zero-order chi connectivity index (χ0) is 12.4. The van der Waals surface area contributed by atoms with Crippen molar-refractivity contribution in [2.45, 2.75) is 31.2 Å². The molecule has 3 rings (SSSR count). The van der Waals surface area contributed by atoms with Crippen molar-refractivity contribution >= 4 is 0 Å². The molecule has 2 fully saturated rings. The molecule has 18 heavy (non-hydrogen) atoms. The van der Waals surface area contributed by atoms with Gasteiger partial charge in [-0.15, -0.1) is 0 Å². The number of hydrogen-bond acceptors (Lipinski definition) is 2. The second kappa shape index (κ2) is 5.37. The van der Waals surface area contributed by atoms with Gasteiger partial charge in [-0.1, -0.05) is 12.1 Å². The zero-order valence-corrected chi connectivity index (χ0v) is 10.6. The molecular weight excluding hydrogens is 229 g/mol. The van der Waals surface area contributed by atoms with Crippen molar-refractivity contribution in [3.63, 3.8) is 0 Å². The molecule has 0 aromatic heterocycles. The Balaban J connectivity index is 1.42. The molecule has 1 N–H and O–H groups in total. The van der Waals surface area contributed by atoms with Crippen LogP contribution in [0.15, 0.2) is 24.3 Å². The molecule has 98 valence electrons. The molecule has 1 unspecified atom stereocenters. The molecule has 1 aromatic rings. The van der Waals surface area contributed by atoms with Gasteiger partial charge < -0.3 is 10.1 Å². The third kappa shape index (κ3) is 2.73. The van der Waals surface area contributed by atoms with Gasteiger partial charge in [0.2, 0.25) is 0 Å². The van der Waals surface area contributed by atoms with Crippen molar-refractivity contribution in [2.24, 2.45) is 5.92 Å². The van der Waals surface area contributed by atoms with Crippen LogP contribution in [0.2, 0.25) is 0 Å². The summed E-state index contributed by atoms with van der Waals surface area (Å²) in [6.07, 6.45) is 3.46. The van der Waals surface area contributed by atoms with Gasteiger partial charge in [-0.3, -0.25) is 0 Å². The second-order valence-corrected chi connectivity index (χ2v) is 5.56. The molecule has 1 atom stereocenters. The van der Waals surface area contributed by atoms with Crippen molar-refractivity contribution in [1.29, 1.82) is 0 Å². The number of benzene rings is 1. The van der Waals surface area contributed by atoms with Crippen molar-refractivity contribution in [3.05, 3.63) is 35.6 Å². The van der Waals surface area contributed by atoms with Crippen LogP contribution in [-0.4, -0.2) is 25.8 Å². The van der Waals surface area contributed by atoms with Crippen LogP contribution >= 0.6 is 0 Å². The van der Waals surface area contributed by atoms with Crippen molar-refractivity contribution in [2.75, 3.05) is 19.8 Å². The van der Waals surface area contributed by atoms with Crippen LogP contribution in [0.25, 0.3) is 0 Å². The predicted octanol–water partition coefficient (Wildman–Crippen LogP) is 2.70. The summed E-state index contributed by atoms with van der Waals surface area (Å²) in [6.45, 7) is 2.90. The van der Waals surface area contributed by atoms with E-state index < -0.39 is 0 Å². The van der Waals surface area contributed by atoms with Crippen molar-refractivity contribution < 1.29 is 9.13 Å². The van der Waals surface area contributed by atoms with Crippen LogP contribution < -0.4 is 5.32 Å². The van der Waals surface area contributed by atoms with Crippen LogP contribution in [-0.2, 0) is 4.74 Å². The molecule has 0 spiro atoms. The molecule has 0 amide bonds. The fourth-order valence-electron chi connectivity index (χ4n) is 2.89. The van der Waals surface area contributed by atoms with Crippen LogP contribution in [0.5, 0.6) is 0 Å². The van der Waals surface area contributed by atoms with E-state index in [1.165, 1.54) is 12.5 Å². The summed E-state index contributed by atoms with van der Waals surface area (Å²) in [5.41, 5.74) is 1.15. The highest BCUT2D eigenvalue weighted by molar-refractivity contribution is 5.23. The third-order valence-electron chi connectivity index (χ3n) is 4.18. The molecule has 1 aliphatic carbocycles. The summed E-state index contributed by atoms with van der Waals surface area (Å²) in [7, 11) is 0. The number of halogens is 1. The maximum absolute atomic E-state index is 13.1. The van der Waals surface area contributed by atoms with Gasteiger partial charge >= 0.3 is 0 Å². The number of ether oxygens (including phenoxy) is 1. The SMILES string of the molecule is Fc1cccc(C2CC(NCC3CCOC3)C2)c1. The standard InChI is InChI=1S/C15H20FNO/c16-14-3-1-2-12(6-14)13-7-15(8-13)17-9-11-4-5-18-10-11/h1-3,6,11,13,15,17H,4-5,7-10H2. The van der Waals surface area contributed by atoms with E-state index in [1.807, 2.05) is 6.07 Å². The first-order valence-electron chi connectivity index (χ1n) is 6.88. The van der Waals surface area contributed by atoms with Gasteiger partial charge in [0.05, 0.1) is 6.61 Å². The Hall–Kier alpha value is -0.930. The molecule has 1 aliphatic heterocycles. The van der Waals surface area contributed by atoms with Gasteiger partial charge in [0.15, 0.2) is 0 Å². The van der Waals surface area contributed by atoms with Gasteiger partial charge in [0, 0.05) is 19.2 Å². The van der Waals surface area contributed by atoms with Crippen molar-refractivity contribution in [3.8, 4) is 0 Å². The summed E-state index contributed by atoms with van der Waals surface area (Å²) in [6, 6.07) is 7.64. The Labute approximate surface area is 108 Å². The highest BCUT2D eigenvalue weighted by Gasteiger charge is 2.30. The fourth-order valence-corrected chi connectivity index (χ4v) is 2.89. The lowest BCUT2D eigenvalue weighted by atomic mass is 9.76. The van der Waals surface area contributed by atoms with Gasteiger partial charge in [0.1, 0.15) is 5.82 Å². The van der Waals surface area contributed by atoms with Gasteiger partial charge in [-0.25, -0.2) is 4.39 Å². The van der Waals surface area contributed by atoms with E-state index in [0.717, 1.165) is 38.2 Å². The molecular formula is C15H20FNO. The number of nitrogens with one attached hydrogen (secondary N) is 1. The average molecular weight is 249 g/mol.